The number of hydrogen-bond donors (Lipinski definition) is 2. The van der Waals surface area contributed by atoms with Gasteiger partial charge in [-0.1, -0.05) is 12.2 Å². The topological polar surface area (TPSA) is 116 Å². The molecule has 0 aromatic carbocycles. The van der Waals surface area contributed by atoms with E-state index >= 15 is 0 Å². The zero-order chi connectivity index (χ0) is 15.4. The molecule has 0 unspecified atom stereocenters. The first kappa shape index (κ1) is 16.2. The highest BCUT2D eigenvalue weighted by Gasteiger charge is 2.34. The number of urea groups is 1. The van der Waals surface area contributed by atoms with E-state index in [-0.39, 0.29) is 18.0 Å². The van der Waals surface area contributed by atoms with Crippen molar-refractivity contribution in [3.8, 4) is 0 Å². The summed E-state index contributed by atoms with van der Waals surface area (Å²) in [6, 6.07) is -0.773. The Hall–Kier alpha value is -1.88. The van der Waals surface area contributed by atoms with Crippen LogP contribution in [0.2, 0.25) is 0 Å². The van der Waals surface area contributed by atoms with Crippen LogP contribution in [-0.2, 0) is 10.0 Å². The Morgan fingerprint density at radius 1 is 1.40 bits per heavy atom. The van der Waals surface area contributed by atoms with E-state index in [4.69, 9.17) is 5.73 Å². The lowest BCUT2D eigenvalue weighted by atomic mass is 10.2. The van der Waals surface area contributed by atoms with Crippen molar-refractivity contribution in [3.63, 3.8) is 0 Å². The fraction of sp³-hybridized carbons (Fsp3) is 0.333. The van der Waals surface area contributed by atoms with Crippen molar-refractivity contribution >= 4 is 21.9 Å². The van der Waals surface area contributed by atoms with Crippen LogP contribution in [0.1, 0.15) is 0 Å². The quantitative estimate of drug-likeness (QED) is 0.743. The third kappa shape index (κ3) is 5.84. The zero-order valence-electron chi connectivity index (χ0n) is 9.88. The van der Waals surface area contributed by atoms with Crippen molar-refractivity contribution < 1.29 is 26.4 Å². The van der Waals surface area contributed by atoms with Gasteiger partial charge in [-0.25, -0.2) is 17.9 Å². The summed E-state index contributed by atoms with van der Waals surface area (Å²) in [5.74, 6) is -2.07. The maximum absolute atomic E-state index is 11.9. The summed E-state index contributed by atoms with van der Waals surface area (Å²) >= 11 is 0. The second-order valence-electron chi connectivity index (χ2n) is 3.62. The number of nitrogens with two attached hydrogens (primary N) is 1. The van der Waals surface area contributed by atoms with Gasteiger partial charge in [0.1, 0.15) is 5.84 Å². The normalized spacial score (nSPS) is 16.9. The van der Waals surface area contributed by atoms with Gasteiger partial charge >= 0.3 is 12.2 Å². The van der Waals surface area contributed by atoms with Gasteiger partial charge in [0.15, 0.2) is 5.75 Å². The lowest BCUT2D eigenvalue weighted by Crippen LogP contribution is -2.33. The van der Waals surface area contributed by atoms with Gasteiger partial charge in [0.2, 0.25) is 10.0 Å². The van der Waals surface area contributed by atoms with Gasteiger partial charge in [0.05, 0.1) is 0 Å². The molecule has 0 aromatic heterocycles. The Kier molecular flexibility index (Phi) is 4.89. The Balaban J connectivity index is 2.51. The first-order valence-corrected chi connectivity index (χ1v) is 6.74. The maximum atomic E-state index is 11.9. The first-order chi connectivity index (χ1) is 9.09. The molecule has 111 valence electrons. The molecule has 0 aliphatic carbocycles. The second kappa shape index (κ2) is 6.05. The van der Waals surface area contributed by atoms with Gasteiger partial charge < -0.3 is 5.73 Å². The number of carbonyl (C=O) groups is 1. The number of amides is 2. The number of carbonyl (C=O) groups excluding carboxylic acids is 1. The molecule has 0 saturated carbocycles. The van der Waals surface area contributed by atoms with Crippen LogP contribution in [0.15, 0.2) is 28.9 Å². The van der Waals surface area contributed by atoms with E-state index in [1.807, 2.05) is 0 Å². The first-order valence-electron chi connectivity index (χ1n) is 5.09. The Morgan fingerprint density at radius 2 is 2.05 bits per heavy atom. The van der Waals surface area contributed by atoms with Gasteiger partial charge in [-0.3, -0.25) is 0 Å². The number of halogens is 3. The number of aliphatic imine (C=N–C) groups is 1. The fourth-order valence-electron chi connectivity index (χ4n) is 1.14. The number of nitrogens with one attached hydrogen (secondary N) is 1. The molecular weight excluding hydrogens is 301 g/mol. The summed E-state index contributed by atoms with van der Waals surface area (Å²) in [6.07, 6.45) is -1.19. The van der Waals surface area contributed by atoms with Crippen LogP contribution in [0.25, 0.3) is 0 Å². The minimum Gasteiger partial charge on any atom is -0.383 e. The van der Waals surface area contributed by atoms with Crippen molar-refractivity contribution in [3.05, 3.63) is 23.9 Å². The lowest BCUT2D eigenvalue weighted by Gasteiger charge is -2.08. The molecule has 2 amide bonds. The molecule has 20 heavy (non-hydrogen) atoms. The molecule has 1 heterocycles. The van der Waals surface area contributed by atoms with Crippen LogP contribution in [0, 0.1) is 0 Å². The molecular formula is C9H10F3N4O3S. The standard InChI is InChI=1S/C9H10F3N4O3S/c10-9(11,12)5-20(18,19)15-3-1-2-6-4-14-8(17)16-7(6)13/h1-2,4,15H,3,5H2,(H2,13,16,17). The summed E-state index contributed by atoms with van der Waals surface area (Å²) in [7, 11) is -4.45. The highest BCUT2D eigenvalue weighted by Crippen LogP contribution is 2.16. The van der Waals surface area contributed by atoms with E-state index in [2.05, 4.69) is 10.3 Å². The predicted molar refractivity (Wildman–Crippen MR) is 64.2 cm³/mol. The summed E-state index contributed by atoms with van der Waals surface area (Å²) in [4.78, 5) is 14.0. The van der Waals surface area contributed by atoms with E-state index in [0.717, 1.165) is 6.20 Å². The van der Waals surface area contributed by atoms with E-state index < -0.39 is 28.0 Å². The molecule has 7 nitrogen and oxygen atoms in total. The van der Waals surface area contributed by atoms with Crippen LogP contribution in [0.3, 0.4) is 0 Å². The molecule has 0 fully saturated rings. The zero-order valence-corrected chi connectivity index (χ0v) is 10.7. The SMILES string of the molecule is NC1=NC(=O)[N]C=C1C=CCNS(=O)(=O)CC(F)(F)F. The number of nitrogens with zero attached hydrogens (tertiary/aromatic N) is 2. The largest absolute Gasteiger partial charge is 0.404 e. The summed E-state index contributed by atoms with van der Waals surface area (Å²) in [5.41, 5.74) is 5.63. The van der Waals surface area contributed by atoms with Gasteiger partial charge in [0, 0.05) is 18.3 Å². The maximum Gasteiger partial charge on any atom is 0.404 e. The van der Waals surface area contributed by atoms with Gasteiger partial charge in [0.25, 0.3) is 0 Å². The predicted octanol–water partition coefficient (Wildman–Crippen LogP) is 0.00340. The minimum atomic E-state index is -4.81. The Bertz CT molecular complexity index is 578. The molecule has 1 radical (unpaired) electrons. The van der Waals surface area contributed by atoms with Crippen LogP contribution >= 0.6 is 0 Å². The molecule has 11 heteroatoms. The molecule has 0 aromatic rings. The summed E-state index contributed by atoms with van der Waals surface area (Å²) in [5, 5.41) is 3.33. The van der Waals surface area contributed by atoms with Crippen LogP contribution in [0.5, 0.6) is 0 Å². The van der Waals surface area contributed by atoms with Crippen LogP contribution in [0.4, 0.5) is 18.0 Å². The molecule has 0 atom stereocenters. The van der Waals surface area contributed by atoms with Gasteiger partial charge in [-0.2, -0.15) is 23.5 Å². The van der Waals surface area contributed by atoms with E-state index in [9.17, 15) is 26.4 Å². The third-order valence-corrected chi connectivity index (χ3v) is 3.21. The number of alkyl halides is 3. The number of hydrogen-bond acceptors (Lipinski definition) is 4. The Morgan fingerprint density at radius 3 is 2.60 bits per heavy atom. The lowest BCUT2D eigenvalue weighted by molar-refractivity contribution is -0.106. The molecule has 0 bridgehead atoms. The highest BCUT2D eigenvalue weighted by molar-refractivity contribution is 7.89. The van der Waals surface area contributed by atoms with Crippen LogP contribution in [-0.4, -0.2) is 38.8 Å². The highest BCUT2D eigenvalue weighted by atomic mass is 32.2. The van der Waals surface area contributed by atoms with Crippen LogP contribution < -0.4 is 15.8 Å². The smallest absolute Gasteiger partial charge is 0.383 e. The summed E-state index contributed by atoms with van der Waals surface area (Å²) in [6.45, 7) is -0.364. The molecule has 1 aliphatic heterocycles. The van der Waals surface area contributed by atoms with E-state index in [1.54, 1.807) is 4.72 Å². The van der Waals surface area contributed by atoms with E-state index in [0.29, 0.717) is 0 Å². The van der Waals surface area contributed by atoms with Crippen molar-refractivity contribution in [2.45, 2.75) is 6.18 Å². The molecule has 1 rings (SSSR count). The van der Waals surface area contributed by atoms with Crippen molar-refractivity contribution in [2.75, 3.05) is 12.3 Å². The number of amidine groups is 1. The van der Waals surface area contributed by atoms with Gasteiger partial charge in [-0.15, -0.1) is 0 Å². The van der Waals surface area contributed by atoms with E-state index in [1.165, 1.54) is 12.2 Å². The fourth-order valence-corrected chi connectivity index (χ4v) is 2.03. The van der Waals surface area contributed by atoms with Crippen molar-refractivity contribution in [1.82, 2.24) is 10.0 Å². The Labute approximate surface area is 112 Å². The van der Waals surface area contributed by atoms with Crippen molar-refractivity contribution in [1.29, 1.82) is 0 Å². The molecule has 0 spiro atoms. The second-order valence-corrected chi connectivity index (χ2v) is 5.43. The number of sulfonamides is 1. The monoisotopic (exact) mass is 311 g/mol. The molecule has 3 N–H and O–H groups in total. The van der Waals surface area contributed by atoms with Gasteiger partial charge in [-0.05, 0) is 0 Å². The molecule has 1 aliphatic rings. The average Bonchev–Trinajstić information content (AvgIpc) is 2.23. The van der Waals surface area contributed by atoms with Crippen molar-refractivity contribution in [2.24, 2.45) is 10.7 Å². The number of rotatable bonds is 5. The summed E-state index contributed by atoms with van der Waals surface area (Å²) < 4.78 is 59.5. The third-order valence-electron chi connectivity index (χ3n) is 1.90. The minimum absolute atomic E-state index is 0.112. The average molecular weight is 311 g/mol. The molecule has 0 saturated heterocycles.